The average molecular weight is 391 g/mol. The molecule has 26 heavy (non-hydrogen) atoms. The number of rotatable bonds is 6. The van der Waals surface area contributed by atoms with Crippen molar-refractivity contribution in [2.24, 2.45) is 0 Å². The van der Waals surface area contributed by atoms with Crippen LogP contribution in [-0.2, 0) is 9.59 Å². The number of aliphatic carboxylic acids is 1. The standard InChI is InChI=1S/C18H12Cl2N2O4/c19-13-3-6-16(15(20)8-13)22-18(25)12(9-21)7-11-1-4-14(5-2-11)26-10-17(23)24/h1-8H,10H2,(H,22,25)(H,23,24). The SMILES string of the molecule is N#CC(=Cc1ccc(OCC(=O)O)cc1)C(=O)Nc1ccc(Cl)cc1Cl. The van der Waals surface area contributed by atoms with E-state index in [9.17, 15) is 14.9 Å². The van der Waals surface area contributed by atoms with Crippen LogP contribution in [0.4, 0.5) is 5.69 Å². The normalized spacial score (nSPS) is 10.7. The van der Waals surface area contributed by atoms with Gasteiger partial charge < -0.3 is 15.2 Å². The van der Waals surface area contributed by atoms with Crippen molar-refractivity contribution in [3.8, 4) is 11.8 Å². The van der Waals surface area contributed by atoms with Crippen molar-refractivity contribution in [2.75, 3.05) is 11.9 Å². The molecule has 8 heteroatoms. The molecule has 6 nitrogen and oxygen atoms in total. The van der Waals surface area contributed by atoms with Crippen LogP contribution in [0.25, 0.3) is 6.08 Å². The molecule has 0 saturated heterocycles. The van der Waals surface area contributed by atoms with E-state index in [2.05, 4.69) is 5.32 Å². The molecule has 0 radical (unpaired) electrons. The maximum absolute atomic E-state index is 12.2. The van der Waals surface area contributed by atoms with Gasteiger partial charge >= 0.3 is 5.97 Å². The summed E-state index contributed by atoms with van der Waals surface area (Å²) >= 11 is 11.8. The van der Waals surface area contributed by atoms with Crippen LogP contribution in [0.15, 0.2) is 48.0 Å². The lowest BCUT2D eigenvalue weighted by atomic mass is 10.1. The fourth-order valence-electron chi connectivity index (χ4n) is 1.90. The molecule has 0 aliphatic heterocycles. The maximum Gasteiger partial charge on any atom is 0.341 e. The third-order valence-electron chi connectivity index (χ3n) is 3.10. The predicted molar refractivity (Wildman–Crippen MR) is 98.3 cm³/mol. The molecule has 132 valence electrons. The van der Waals surface area contributed by atoms with Crippen molar-refractivity contribution in [3.63, 3.8) is 0 Å². The number of anilines is 1. The minimum absolute atomic E-state index is 0.129. The second-order valence-corrected chi connectivity index (χ2v) is 5.84. The molecule has 1 amide bonds. The first-order valence-electron chi connectivity index (χ1n) is 7.22. The summed E-state index contributed by atoms with van der Waals surface area (Å²) in [5.74, 6) is -1.35. The summed E-state index contributed by atoms with van der Waals surface area (Å²) in [4.78, 5) is 22.7. The number of halogens is 2. The number of carboxylic acid groups (broad SMARTS) is 1. The van der Waals surface area contributed by atoms with Gasteiger partial charge in [0.05, 0.1) is 10.7 Å². The number of nitriles is 1. The van der Waals surface area contributed by atoms with Crippen LogP contribution in [0.5, 0.6) is 5.75 Å². The highest BCUT2D eigenvalue weighted by Crippen LogP contribution is 2.26. The van der Waals surface area contributed by atoms with Crippen LogP contribution in [0.3, 0.4) is 0 Å². The molecule has 0 spiro atoms. The monoisotopic (exact) mass is 390 g/mol. The summed E-state index contributed by atoms with van der Waals surface area (Å²) in [6.07, 6.45) is 1.39. The Hall–Kier alpha value is -3.01. The fourth-order valence-corrected chi connectivity index (χ4v) is 2.36. The van der Waals surface area contributed by atoms with E-state index in [4.69, 9.17) is 33.0 Å². The molecule has 2 N–H and O–H groups in total. The summed E-state index contributed by atoms with van der Waals surface area (Å²) in [5, 5.41) is 21.0. The lowest BCUT2D eigenvalue weighted by molar-refractivity contribution is -0.139. The number of carbonyl (C=O) groups is 2. The zero-order valence-corrected chi connectivity index (χ0v) is 14.7. The molecule has 0 saturated carbocycles. The van der Waals surface area contributed by atoms with Gasteiger partial charge in [0, 0.05) is 5.02 Å². The maximum atomic E-state index is 12.2. The van der Waals surface area contributed by atoms with E-state index in [-0.39, 0.29) is 10.6 Å². The lowest BCUT2D eigenvalue weighted by Crippen LogP contribution is -2.13. The smallest absolute Gasteiger partial charge is 0.341 e. The van der Waals surface area contributed by atoms with Crippen molar-refractivity contribution in [3.05, 3.63) is 63.6 Å². The van der Waals surface area contributed by atoms with E-state index in [0.29, 0.717) is 22.0 Å². The average Bonchev–Trinajstić information content (AvgIpc) is 2.61. The number of amides is 1. The minimum atomic E-state index is -1.08. The second kappa shape index (κ2) is 8.90. The van der Waals surface area contributed by atoms with Crippen LogP contribution in [0, 0.1) is 11.3 Å². The molecule has 2 rings (SSSR count). The Kier molecular flexibility index (Phi) is 6.61. The lowest BCUT2D eigenvalue weighted by Gasteiger charge is -2.07. The number of nitrogens with one attached hydrogen (secondary N) is 1. The Balaban J connectivity index is 2.12. The number of benzene rings is 2. The zero-order valence-electron chi connectivity index (χ0n) is 13.2. The highest BCUT2D eigenvalue weighted by Gasteiger charge is 2.12. The number of nitrogens with zero attached hydrogens (tertiary/aromatic N) is 1. The van der Waals surface area contributed by atoms with Gasteiger partial charge in [-0.15, -0.1) is 0 Å². The summed E-state index contributed by atoms with van der Waals surface area (Å²) in [6, 6.07) is 12.7. The zero-order chi connectivity index (χ0) is 19.1. The Morgan fingerprint density at radius 3 is 2.46 bits per heavy atom. The third-order valence-corrected chi connectivity index (χ3v) is 3.65. The molecule has 0 aromatic heterocycles. The van der Waals surface area contributed by atoms with Gasteiger partial charge in [0.15, 0.2) is 6.61 Å². The van der Waals surface area contributed by atoms with Crippen molar-refractivity contribution in [2.45, 2.75) is 0 Å². The molecule has 2 aromatic carbocycles. The number of carboxylic acids is 1. The van der Waals surface area contributed by atoms with E-state index in [1.807, 2.05) is 6.07 Å². The van der Waals surface area contributed by atoms with E-state index in [0.717, 1.165) is 0 Å². The molecule has 0 fully saturated rings. The van der Waals surface area contributed by atoms with Gasteiger partial charge in [0.25, 0.3) is 5.91 Å². The van der Waals surface area contributed by atoms with Crippen LogP contribution in [0.2, 0.25) is 10.0 Å². The van der Waals surface area contributed by atoms with E-state index >= 15 is 0 Å². The molecule has 0 aliphatic rings. The summed E-state index contributed by atoms with van der Waals surface area (Å²) in [6.45, 7) is -0.455. The first-order chi connectivity index (χ1) is 12.4. The first kappa shape index (κ1) is 19.3. The van der Waals surface area contributed by atoms with Crippen molar-refractivity contribution in [1.82, 2.24) is 0 Å². The van der Waals surface area contributed by atoms with Gasteiger partial charge in [0.2, 0.25) is 0 Å². The molecule has 0 aliphatic carbocycles. The largest absolute Gasteiger partial charge is 0.482 e. The van der Waals surface area contributed by atoms with Crippen LogP contribution in [0.1, 0.15) is 5.56 Å². The summed E-state index contributed by atoms with van der Waals surface area (Å²) < 4.78 is 5.01. The van der Waals surface area contributed by atoms with Gasteiger partial charge in [-0.05, 0) is 42.0 Å². The number of ether oxygens (including phenoxy) is 1. The highest BCUT2D eigenvalue weighted by molar-refractivity contribution is 6.36. The highest BCUT2D eigenvalue weighted by atomic mass is 35.5. The van der Waals surface area contributed by atoms with Crippen LogP contribution in [-0.4, -0.2) is 23.6 Å². The van der Waals surface area contributed by atoms with E-state index in [1.165, 1.54) is 30.3 Å². The van der Waals surface area contributed by atoms with Crippen molar-refractivity contribution < 1.29 is 19.4 Å². The quantitative estimate of drug-likeness (QED) is 0.573. The van der Waals surface area contributed by atoms with Crippen molar-refractivity contribution >= 4 is 46.8 Å². The van der Waals surface area contributed by atoms with Gasteiger partial charge in [-0.2, -0.15) is 5.26 Å². The van der Waals surface area contributed by atoms with E-state index in [1.54, 1.807) is 18.2 Å². The first-order valence-corrected chi connectivity index (χ1v) is 7.97. The van der Waals surface area contributed by atoms with E-state index < -0.39 is 18.5 Å². The van der Waals surface area contributed by atoms with Gasteiger partial charge in [0.1, 0.15) is 17.4 Å². The second-order valence-electron chi connectivity index (χ2n) is 5.00. The molecule has 0 atom stereocenters. The Morgan fingerprint density at radius 2 is 1.88 bits per heavy atom. The Bertz CT molecular complexity index is 902. The molecular formula is C18H12Cl2N2O4. The van der Waals surface area contributed by atoms with Crippen LogP contribution < -0.4 is 10.1 Å². The number of hydrogen-bond donors (Lipinski definition) is 2. The molecule has 0 heterocycles. The summed E-state index contributed by atoms with van der Waals surface area (Å²) in [7, 11) is 0. The molecule has 0 unspecified atom stereocenters. The molecule has 0 bridgehead atoms. The van der Waals surface area contributed by atoms with Crippen molar-refractivity contribution in [1.29, 1.82) is 5.26 Å². The molecule has 2 aromatic rings. The fraction of sp³-hybridized carbons (Fsp3) is 0.0556. The van der Waals surface area contributed by atoms with Gasteiger partial charge in [-0.1, -0.05) is 35.3 Å². The number of hydrogen-bond acceptors (Lipinski definition) is 4. The summed E-state index contributed by atoms with van der Waals surface area (Å²) in [5.41, 5.74) is 0.774. The molecular weight excluding hydrogens is 379 g/mol. The third kappa shape index (κ3) is 5.52. The number of carbonyl (C=O) groups excluding carboxylic acids is 1. The topological polar surface area (TPSA) is 99.4 Å². The Morgan fingerprint density at radius 1 is 1.19 bits per heavy atom. The Labute approximate surface area is 159 Å². The van der Waals surface area contributed by atoms with Gasteiger partial charge in [-0.25, -0.2) is 4.79 Å². The van der Waals surface area contributed by atoms with Crippen LogP contribution >= 0.6 is 23.2 Å². The van der Waals surface area contributed by atoms with Gasteiger partial charge in [-0.3, -0.25) is 4.79 Å². The minimum Gasteiger partial charge on any atom is -0.482 e. The predicted octanol–water partition coefficient (Wildman–Crippen LogP) is 4.00.